The molecular formula is C10H20O. The molecule has 0 saturated carbocycles. The SMILES string of the molecule is CCCCCC/C=C/[C@H](C)O. The monoisotopic (exact) mass is 156 g/mol. The standard InChI is InChI=1S/C10H20O/c1-3-4-5-6-7-8-9-10(2)11/h8-11H,3-7H2,1-2H3/b9-8+/t10-/m0/s1. The Hall–Kier alpha value is -0.300. The van der Waals surface area contributed by atoms with Gasteiger partial charge in [0, 0.05) is 0 Å². The Morgan fingerprint density at radius 2 is 2.00 bits per heavy atom. The maximum Gasteiger partial charge on any atom is 0.0692 e. The molecule has 0 aromatic heterocycles. The molecule has 66 valence electrons. The molecule has 0 spiro atoms. The molecule has 1 nitrogen and oxygen atoms in total. The molecule has 1 N–H and O–H groups in total. The van der Waals surface area contributed by atoms with Crippen LogP contribution >= 0.6 is 0 Å². The summed E-state index contributed by atoms with van der Waals surface area (Å²) in [6.07, 6.45) is 9.97. The van der Waals surface area contributed by atoms with Gasteiger partial charge in [-0.3, -0.25) is 0 Å². The van der Waals surface area contributed by atoms with Gasteiger partial charge >= 0.3 is 0 Å². The molecule has 0 aliphatic rings. The molecule has 1 atom stereocenters. The Morgan fingerprint density at radius 1 is 1.27 bits per heavy atom. The molecule has 0 rings (SSSR count). The first kappa shape index (κ1) is 10.7. The van der Waals surface area contributed by atoms with Gasteiger partial charge in [-0.05, 0) is 19.8 Å². The van der Waals surface area contributed by atoms with Crippen molar-refractivity contribution in [3.63, 3.8) is 0 Å². The van der Waals surface area contributed by atoms with E-state index < -0.39 is 0 Å². The van der Waals surface area contributed by atoms with Gasteiger partial charge in [-0.15, -0.1) is 0 Å². The van der Waals surface area contributed by atoms with E-state index in [0.717, 1.165) is 6.42 Å². The first-order chi connectivity index (χ1) is 5.27. The topological polar surface area (TPSA) is 20.2 Å². The van der Waals surface area contributed by atoms with Crippen LogP contribution in [-0.2, 0) is 0 Å². The largest absolute Gasteiger partial charge is 0.389 e. The first-order valence-electron chi connectivity index (χ1n) is 4.62. The van der Waals surface area contributed by atoms with Crippen molar-refractivity contribution >= 4 is 0 Å². The predicted octanol–water partition coefficient (Wildman–Crippen LogP) is 2.89. The zero-order valence-electron chi connectivity index (χ0n) is 7.71. The number of unbranched alkanes of at least 4 members (excludes halogenated alkanes) is 4. The highest BCUT2D eigenvalue weighted by atomic mass is 16.3. The quantitative estimate of drug-likeness (QED) is 0.463. The molecule has 1 heteroatoms. The van der Waals surface area contributed by atoms with Crippen molar-refractivity contribution in [2.45, 2.75) is 52.1 Å². The van der Waals surface area contributed by atoms with Crippen molar-refractivity contribution in [2.75, 3.05) is 0 Å². The Bertz CT molecular complexity index is 95.0. The molecule has 0 fully saturated rings. The molecule has 0 saturated heterocycles. The molecule has 0 aliphatic carbocycles. The number of hydrogen-bond acceptors (Lipinski definition) is 1. The Morgan fingerprint density at radius 3 is 2.55 bits per heavy atom. The van der Waals surface area contributed by atoms with Gasteiger partial charge in [0.2, 0.25) is 0 Å². The van der Waals surface area contributed by atoms with Crippen LogP contribution in [0.25, 0.3) is 0 Å². The van der Waals surface area contributed by atoms with E-state index in [1.165, 1.54) is 25.7 Å². The number of aliphatic hydroxyl groups excluding tert-OH is 1. The van der Waals surface area contributed by atoms with Gasteiger partial charge in [0.15, 0.2) is 0 Å². The molecular weight excluding hydrogens is 136 g/mol. The minimum Gasteiger partial charge on any atom is -0.389 e. The zero-order chi connectivity index (χ0) is 8.53. The van der Waals surface area contributed by atoms with E-state index in [0.29, 0.717) is 0 Å². The molecule has 0 radical (unpaired) electrons. The summed E-state index contributed by atoms with van der Waals surface area (Å²) in [6, 6.07) is 0. The van der Waals surface area contributed by atoms with Crippen LogP contribution in [0.3, 0.4) is 0 Å². The van der Waals surface area contributed by atoms with Crippen molar-refractivity contribution in [1.29, 1.82) is 0 Å². The lowest BCUT2D eigenvalue weighted by atomic mass is 10.1. The fourth-order valence-corrected chi connectivity index (χ4v) is 0.982. The van der Waals surface area contributed by atoms with Crippen LogP contribution in [-0.4, -0.2) is 11.2 Å². The maximum absolute atomic E-state index is 8.87. The highest BCUT2D eigenvalue weighted by Crippen LogP contribution is 2.02. The van der Waals surface area contributed by atoms with Crippen LogP contribution < -0.4 is 0 Å². The summed E-state index contributed by atoms with van der Waals surface area (Å²) >= 11 is 0. The summed E-state index contributed by atoms with van der Waals surface area (Å²) < 4.78 is 0. The third-order valence-corrected chi connectivity index (χ3v) is 1.64. The third-order valence-electron chi connectivity index (χ3n) is 1.64. The summed E-state index contributed by atoms with van der Waals surface area (Å²) in [7, 11) is 0. The lowest BCUT2D eigenvalue weighted by Gasteiger charge is -1.95. The highest BCUT2D eigenvalue weighted by Gasteiger charge is 1.86. The molecule has 0 aliphatic heterocycles. The van der Waals surface area contributed by atoms with E-state index in [1.54, 1.807) is 6.92 Å². The number of allylic oxidation sites excluding steroid dienone is 1. The van der Waals surface area contributed by atoms with Gasteiger partial charge in [0.05, 0.1) is 6.10 Å². The van der Waals surface area contributed by atoms with Crippen molar-refractivity contribution < 1.29 is 5.11 Å². The van der Waals surface area contributed by atoms with E-state index in [-0.39, 0.29) is 6.10 Å². The van der Waals surface area contributed by atoms with Gasteiger partial charge in [-0.25, -0.2) is 0 Å². The van der Waals surface area contributed by atoms with Crippen molar-refractivity contribution in [2.24, 2.45) is 0 Å². The fraction of sp³-hybridized carbons (Fsp3) is 0.800. The number of rotatable bonds is 6. The maximum atomic E-state index is 8.87. The van der Waals surface area contributed by atoms with Gasteiger partial charge in [-0.2, -0.15) is 0 Å². The zero-order valence-corrected chi connectivity index (χ0v) is 7.71. The van der Waals surface area contributed by atoms with Gasteiger partial charge in [-0.1, -0.05) is 38.3 Å². The van der Waals surface area contributed by atoms with E-state index in [4.69, 9.17) is 5.11 Å². The van der Waals surface area contributed by atoms with E-state index in [2.05, 4.69) is 13.0 Å². The second-order valence-electron chi connectivity index (χ2n) is 3.02. The van der Waals surface area contributed by atoms with Crippen LogP contribution in [0.15, 0.2) is 12.2 Å². The Labute approximate surface area is 70.1 Å². The lowest BCUT2D eigenvalue weighted by molar-refractivity contribution is 0.244. The van der Waals surface area contributed by atoms with Crippen molar-refractivity contribution in [3.05, 3.63) is 12.2 Å². The van der Waals surface area contributed by atoms with Crippen LogP contribution in [0.1, 0.15) is 46.0 Å². The summed E-state index contributed by atoms with van der Waals surface area (Å²) in [5, 5.41) is 8.87. The second-order valence-corrected chi connectivity index (χ2v) is 3.02. The molecule has 11 heavy (non-hydrogen) atoms. The van der Waals surface area contributed by atoms with Crippen LogP contribution in [0, 0.1) is 0 Å². The lowest BCUT2D eigenvalue weighted by Crippen LogP contribution is -1.91. The third kappa shape index (κ3) is 9.70. The number of hydrogen-bond donors (Lipinski definition) is 1. The molecule has 0 heterocycles. The average Bonchev–Trinajstić information content (AvgIpc) is 1.96. The minimum atomic E-state index is -0.277. The van der Waals surface area contributed by atoms with Crippen LogP contribution in [0.4, 0.5) is 0 Å². The molecule has 0 aromatic rings. The highest BCUT2D eigenvalue weighted by molar-refractivity contribution is 4.85. The Balaban J connectivity index is 3.01. The summed E-state index contributed by atoms with van der Waals surface area (Å²) in [5.74, 6) is 0. The van der Waals surface area contributed by atoms with Crippen LogP contribution in [0.2, 0.25) is 0 Å². The van der Waals surface area contributed by atoms with Gasteiger partial charge in [0.25, 0.3) is 0 Å². The van der Waals surface area contributed by atoms with E-state index >= 15 is 0 Å². The molecule has 0 amide bonds. The van der Waals surface area contributed by atoms with Crippen LogP contribution in [0.5, 0.6) is 0 Å². The second kappa shape index (κ2) is 7.80. The molecule has 0 aromatic carbocycles. The normalized spacial score (nSPS) is 14.1. The summed E-state index contributed by atoms with van der Waals surface area (Å²) in [4.78, 5) is 0. The summed E-state index contributed by atoms with van der Waals surface area (Å²) in [6.45, 7) is 3.99. The molecule has 0 bridgehead atoms. The van der Waals surface area contributed by atoms with Crippen molar-refractivity contribution in [1.82, 2.24) is 0 Å². The predicted molar refractivity (Wildman–Crippen MR) is 49.6 cm³/mol. The van der Waals surface area contributed by atoms with Gasteiger partial charge in [0.1, 0.15) is 0 Å². The number of aliphatic hydroxyl groups is 1. The Kier molecular flexibility index (Phi) is 7.59. The van der Waals surface area contributed by atoms with Gasteiger partial charge < -0.3 is 5.11 Å². The summed E-state index contributed by atoms with van der Waals surface area (Å²) in [5.41, 5.74) is 0. The fourth-order valence-electron chi connectivity index (χ4n) is 0.982. The van der Waals surface area contributed by atoms with E-state index in [9.17, 15) is 0 Å². The smallest absolute Gasteiger partial charge is 0.0692 e. The molecule has 0 unspecified atom stereocenters. The minimum absolute atomic E-state index is 0.277. The van der Waals surface area contributed by atoms with Crippen molar-refractivity contribution in [3.8, 4) is 0 Å². The first-order valence-corrected chi connectivity index (χ1v) is 4.62. The average molecular weight is 156 g/mol. The van der Waals surface area contributed by atoms with E-state index in [1.807, 2.05) is 6.08 Å².